The normalized spacial score (nSPS) is 21.9. The van der Waals surface area contributed by atoms with E-state index in [2.05, 4.69) is 231 Å². The number of anilines is 3. The second-order valence-corrected chi connectivity index (χ2v) is 21.3. The highest BCUT2D eigenvalue weighted by atomic mass is 15.1. The van der Waals surface area contributed by atoms with E-state index in [4.69, 9.17) is 0 Å². The van der Waals surface area contributed by atoms with E-state index in [0.29, 0.717) is 11.8 Å². The molecule has 15 rings (SSSR count). The Morgan fingerprint density at radius 1 is 0.324 bits per heavy atom. The van der Waals surface area contributed by atoms with Crippen molar-refractivity contribution in [1.82, 2.24) is 0 Å². The van der Waals surface area contributed by atoms with E-state index in [1.807, 2.05) is 0 Å². The zero-order valence-electron chi connectivity index (χ0n) is 39.0. The molecule has 0 radical (unpaired) electrons. The molecule has 9 aromatic rings. The molecule has 0 aliphatic heterocycles. The molecule has 0 saturated heterocycles. The maximum atomic E-state index is 2.63. The quantitative estimate of drug-likeness (QED) is 0.154. The molecule has 0 atom stereocenters. The molecule has 4 fully saturated rings. The second-order valence-electron chi connectivity index (χ2n) is 21.3. The van der Waals surface area contributed by atoms with Crippen molar-refractivity contribution in [2.45, 2.75) is 56.8 Å². The van der Waals surface area contributed by atoms with Gasteiger partial charge in [0.2, 0.25) is 0 Å². The van der Waals surface area contributed by atoms with Gasteiger partial charge in [0, 0.05) is 27.9 Å². The molecule has 0 unspecified atom stereocenters. The standard InChI is InChI=1S/C67H55N/c1-66(2)62-17-8-6-14-59(62)61-16-10-15-57(65(61)66)51-29-33-55(34-30-51)68(54-31-27-50(28-32-54)49-25-23-48(24-26-49)47-21-19-46(20-22-47)45-11-4-3-5-12-45)56-35-36-60-58-13-7-9-18-63(58)67(64(60)42-56)52-38-43-37-44(40-52)41-53(67)39-43/h3-36,42-44,52-53H,37-41H2,1-2H3. The van der Waals surface area contributed by atoms with Crippen LogP contribution in [0.3, 0.4) is 0 Å². The SMILES string of the molecule is CC1(C)c2ccccc2-c2cccc(-c3ccc(N(c4ccc(-c5ccc(-c6ccc(-c7ccccc7)cc6)cc5)cc4)c4ccc5c(c4)C4(c6ccccc6-5)C5CC6CC(C5)CC4C6)cc3)c21. The van der Waals surface area contributed by atoms with Crippen molar-refractivity contribution in [3.63, 3.8) is 0 Å². The van der Waals surface area contributed by atoms with Gasteiger partial charge in [0.15, 0.2) is 0 Å². The first-order chi connectivity index (χ1) is 33.4. The lowest BCUT2D eigenvalue weighted by molar-refractivity contribution is -0.0399. The molecule has 6 aliphatic rings. The number of fused-ring (bicyclic) bond motifs is 6. The van der Waals surface area contributed by atoms with Gasteiger partial charge in [-0.15, -0.1) is 0 Å². The van der Waals surface area contributed by atoms with E-state index in [1.165, 1.54) is 127 Å². The van der Waals surface area contributed by atoms with Gasteiger partial charge in [0.25, 0.3) is 0 Å². The summed E-state index contributed by atoms with van der Waals surface area (Å²) in [7, 11) is 0. The predicted molar refractivity (Wildman–Crippen MR) is 284 cm³/mol. The Hall–Kier alpha value is -7.22. The fourth-order valence-electron chi connectivity index (χ4n) is 14.7. The average molecular weight is 874 g/mol. The highest BCUT2D eigenvalue weighted by Gasteiger charge is 2.61. The van der Waals surface area contributed by atoms with Crippen molar-refractivity contribution in [2.24, 2.45) is 23.7 Å². The second kappa shape index (κ2) is 15.1. The molecule has 0 amide bonds. The molecule has 6 aliphatic carbocycles. The lowest BCUT2D eigenvalue weighted by Crippen LogP contribution is -2.55. The van der Waals surface area contributed by atoms with Crippen LogP contribution in [0.25, 0.3) is 66.8 Å². The summed E-state index contributed by atoms with van der Waals surface area (Å²) in [5.74, 6) is 3.24. The molecule has 68 heavy (non-hydrogen) atoms. The maximum Gasteiger partial charge on any atom is 0.0465 e. The highest BCUT2D eigenvalue weighted by molar-refractivity contribution is 5.90. The van der Waals surface area contributed by atoms with Gasteiger partial charge in [-0.25, -0.2) is 0 Å². The minimum Gasteiger partial charge on any atom is -0.310 e. The molecule has 0 N–H and O–H groups in total. The van der Waals surface area contributed by atoms with Crippen LogP contribution in [0.5, 0.6) is 0 Å². The van der Waals surface area contributed by atoms with Crippen molar-refractivity contribution < 1.29 is 0 Å². The summed E-state index contributed by atoms with van der Waals surface area (Å²) >= 11 is 0. The molecule has 9 aromatic carbocycles. The van der Waals surface area contributed by atoms with Crippen molar-refractivity contribution in [3.05, 3.63) is 235 Å². The molecule has 1 heteroatoms. The summed E-state index contributed by atoms with van der Waals surface area (Å²) < 4.78 is 0. The molecule has 1 nitrogen and oxygen atoms in total. The lowest BCUT2D eigenvalue weighted by Gasteiger charge is -2.61. The van der Waals surface area contributed by atoms with E-state index in [9.17, 15) is 0 Å². The van der Waals surface area contributed by atoms with Crippen LogP contribution >= 0.6 is 0 Å². The minimum absolute atomic E-state index is 0.0840. The van der Waals surface area contributed by atoms with E-state index >= 15 is 0 Å². The summed E-state index contributed by atoms with van der Waals surface area (Å²) in [6.07, 6.45) is 6.98. The molecule has 4 bridgehead atoms. The summed E-state index contributed by atoms with van der Waals surface area (Å²) in [4.78, 5) is 2.53. The Labute approximate surface area is 401 Å². The van der Waals surface area contributed by atoms with E-state index in [-0.39, 0.29) is 10.8 Å². The monoisotopic (exact) mass is 873 g/mol. The average Bonchev–Trinajstić information content (AvgIpc) is 3.81. The fourth-order valence-corrected chi connectivity index (χ4v) is 14.7. The summed E-state index contributed by atoms with van der Waals surface area (Å²) in [6.45, 7) is 4.78. The first-order valence-electron chi connectivity index (χ1n) is 25.2. The molecule has 4 saturated carbocycles. The van der Waals surface area contributed by atoms with Crippen molar-refractivity contribution >= 4 is 17.1 Å². The van der Waals surface area contributed by atoms with Gasteiger partial charge >= 0.3 is 0 Å². The molecule has 0 aromatic heterocycles. The van der Waals surface area contributed by atoms with Crippen molar-refractivity contribution in [2.75, 3.05) is 4.90 Å². The van der Waals surface area contributed by atoms with E-state index in [1.54, 1.807) is 11.1 Å². The topological polar surface area (TPSA) is 3.24 Å². The summed E-state index contributed by atoms with van der Waals surface area (Å²) in [5.41, 5.74) is 25.2. The molecule has 1 spiro atoms. The van der Waals surface area contributed by atoms with Crippen LogP contribution in [-0.4, -0.2) is 0 Å². The largest absolute Gasteiger partial charge is 0.310 e. The number of hydrogen-bond acceptors (Lipinski definition) is 1. The van der Waals surface area contributed by atoms with Crippen LogP contribution in [0.1, 0.15) is 68.2 Å². The van der Waals surface area contributed by atoms with Crippen LogP contribution in [0.15, 0.2) is 212 Å². The van der Waals surface area contributed by atoms with Gasteiger partial charge in [-0.2, -0.15) is 0 Å². The summed E-state index contributed by atoms with van der Waals surface area (Å²) in [5, 5.41) is 0. The van der Waals surface area contributed by atoms with Gasteiger partial charge in [-0.3, -0.25) is 0 Å². The lowest BCUT2D eigenvalue weighted by atomic mass is 9.43. The Balaban J connectivity index is 0.848. The third kappa shape index (κ3) is 5.94. The van der Waals surface area contributed by atoms with Gasteiger partial charge in [-0.1, -0.05) is 190 Å². The summed E-state index contributed by atoms with van der Waals surface area (Å²) in [6, 6.07) is 80.2. The Morgan fingerprint density at radius 2 is 0.735 bits per heavy atom. The van der Waals surface area contributed by atoms with Gasteiger partial charge in [0.05, 0.1) is 0 Å². The van der Waals surface area contributed by atoms with Gasteiger partial charge < -0.3 is 4.90 Å². The van der Waals surface area contributed by atoms with Crippen LogP contribution in [0, 0.1) is 23.7 Å². The predicted octanol–water partition coefficient (Wildman–Crippen LogP) is 17.9. The Morgan fingerprint density at radius 3 is 1.31 bits per heavy atom. The molecular weight excluding hydrogens is 819 g/mol. The van der Waals surface area contributed by atoms with Crippen molar-refractivity contribution in [3.8, 4) is 66.8 Å². The first kappa shape index (κ1) is 39.9. The third-order valence-electron chi connectivity index (χ3n) is 17.5. The van der Waals surface area contributed by atoms with E-state index < -0.39 is 0 Å². The first-order valence-corrected chi connectivity index (χ1v) is 25.2. The minimum atomic E-state index is -0.0840. The Kier molecular flexibility index (Phi) is 8.89. The number of nitrogens with zero attached hydrogens (tertiary/aromatic N) is 1. The van der Waals surface area contributed by atoms with Gasteiger partial charge in [-0.05, 0) is 181 Å². The number of benzene rings is 9. The zero-order chi connectivity index (χ0) is 45.1. The maximum absolute atomic E-state index is 2.63. The molecular formula is C67H55N. The number of rotatable bonds is 7. The molecule has 328 valence electrons. The molecule has 0 heterocycles. The van der Waals surface area contributed by atoms with Crippen LogP contribution in [-0.2, 0) is 10.8 Å². The van der Waals surface area contributed by atoms with E-state index in [0.717, 1.165) is 11.8 Å². The Bertz CT molecular complexity index is 3360. The van der Waals surface area contributed by atoms with Crippen LogP contribution in [0.2, 0.25) is 0 Å². The highest BCUT2D eigenvalue weighted by Crippen LogP contribution is 2.69. The fraction of sp³-hybridized carbons (Fsp3) is 0.194. The zero-order valence-corrected chi connectivity index (χ0v) is 39.0. The smallest absolute Gasteiger partial charge is 0.0465 e. The van der Waals surface area contributed by atoms with Crippen LogP contribution < -0.4 is 4.90 Å². The third-order valence-corrected chi connectivity index (χ3v) is 17.5. The van der Waals surface area contributed by atoms with Gasteiger partial charge in [0.1, 0.15) is 0 Å². The van der Waals surface area contributed by atoms with Crippen LogP contribution in [0.4, 0.5) is 17.1 Å². The van der Waals surface area contributed by atoms with Crippen molar-refractivity contribution in [1.29, 1.82) is 0 Å². The number of hydrogen-bond donors (Lipinski definition) is 0.